The third kappa shape index (κ3) is 13.4. The minimum Gasteiger partial charge on any atom is -0.460 e. The van der Waals surface area contributed by atoms with Crippen LogP contribution in [0.1, 0.15) is 46.7 Å². The van der Waals surface area contributed by atoms with Gasteiger partial charge in [0.15, 0.2) is 0 Å². The van der Waals surface area contributed by atoms with Crippen LogP contribution in [0.5, 0.6) is 0 Å². The van der Waals surface area contributed by atoms with Gasteiger partial charge in [-0.05, 0) is 62.4 Å². The second-order valence-corrected chi connectivity index (χ2v) is 14.8. The van der Waals surface area contributed by atoms with Gasteiger partial charge >= 0.3 is 11.9 Å². The number of aromatic nitrogens is 6. The first kappa shape index (κ1) is 46.1. The monoisotopic (exact) mass is 841 g/mol. The lowest BCUT2D eigenvalue weighted by molar-refractivity contribution is 0.0327. The summed E-state index contributed by atoms with van der Waals surface area (Å²) in [4.78, 5) is 34.1. The van der Waals surface area contributed by atoms with Crippen molar-refractivity contribution in [2.45, 2.75) is 36.1 Å². The van der Waals surface area contributed by atoms with E-state index in [0.29, 0.717) is 42.8 Å². The molecule has 20 nitrogen and oxygen atoms in total. The number of hydrogen-bond acceptors (Lipinski definition) is 16. The molecular formula is C32H47BClN10O10S2-. The van der Waals surface area contributed by atoms with Crippen molar-refractivity contribution >= 4 is 52.0 Å². The van der Waals surface area contributed by atoms with Gasteiger partial charge in [-0.2, -0.15) is 0 Å². The van der Waals surface area contributed by atoms with E-state index in [2.05, 4.69) is 30.4 Å². The maximum absolute atomic E-state index is 12.0. The highest BCUT2D eigenvalue weighted by atomic mass is 35.5. The average Bonchev–Trinajstić information content (AvgIpc) is 3.81. The highest BCUT2D eigenvalue weighted by Gasteiger charge is 2.22. The Bertz CT molecular complexity index is 2080. The van der Waals surface area contributed by atoms with E-state index in [1.165, 1.54) is 45.8 Å². The van der Waals surface area contributed by atoms with Gasteiger partial charge in [0.05, 0.1) is 73.2 Å². The molecule has 4 heterocycles. The third-order valence-corrected chi connectivity index (χ3v) is 9.62. The molecule has 2 fully saturated rings. The SMILES string of the molecule is C1COCCN1.CCOC(=O)c1nc(CCl)n(-c2ccc(S(N)(=O)=O)cc2)n1.CCOC(=O)c1nc(CN2CCOCC2)n(-c2ccc(S(N)(=O)=O)cc2)n1.[BH4-]. The largest absolute Gasteiger partial charge is 0.460 e. The summed E-state index contributed by atoms with van der Waals surface area (Å²) in [6.45, 7) is 10.8. The number of morpholine rings is 2. The van der Waals surface area contributed by atoms with Crippen LogP contribution in [0, 0.1) is 0 Å². The molecule has 4 aromatic rings. The van der Waals surface area contributed by atoms with Gasteiger partial charge in [0.25, 0.3) is 11.6 Å². The summed E-state index contributed by atoms with van der Waals surface area (Å²) in [5.74, 6) is -0.543. The van der Waals surface area contributed by atoms with Crippen molar-refractivity contribution in [3.63, 3.8) is 0 Å². The van der Waals surface area contributed by atoms with Crippen molar-refractivity contribution < 1.29 is 45.4 Å². The molecule has 0 spiro atoms. The summed E-state index contributed by atoms with van der Waals surface area (Å²) >= 11 is 5.79. The molecule has 2 aromatic carbocycles. The predicted octanol–water partition coefficient (Wildman–Crippen LogP) is -1.09. The zero-order valence-electron chi connectivity index (χ0n) is 30.2. The highest BCUT2D eigenvalue weighted by Crippen LogP contribution is 2.17. The van der Waals surface area contributed by atoms with E-state index in [-0.39, 0.29) is 48.9 Å². The molecule has 0 radical (unpaired) electrons. The Morgan fingerprint density at radius 3 is 1.50 bits per heavy atom. The minimum atomic E-state index is -3.79. The van der Waals surface area contributed by atoms with E-state index in [1.54, 1.807) is 26.0 Å². The maximum atomic E-state index is 12.0. The number of carbonyl (C=O) groups excluding carboxylic acids is 2. The Balaban J connectivity index is 0.000000260. The van der Waals surface area contributed by atoms with Crippen molar-refractivity contribution in [1.29, 1.82) is 0 Å². The Morgan fingerprint density at radius 1 is 0.732 bits per heavy atom. The van der Waals surface area contributed by atoms with Crippen LogP contribution in [0.4, 0.5) is 0 Å². The fourth-order valence-corrected chi connectivity index (χ4v) is 6.09. The number of halogens is 1. The molecule has 6 rings (SSSR count). The summed E-state index contributed by atoms with van der Waals surface area (Å²) in [6, 6.07) is 11.5. The van der Waals surface area contributed by atoms with Gasteiger partial charge in [0.1, 0.15) is 11.6 Å². The van der Waals surface area contributed by atoms with Crippen molar-refractivity contribution in [2.24, 2.45) is 10.3 Å². The molecule has 24 heteroatoms. The van der Waals surface area contributed by atoms with Crippen molar-refractivity contribution in [3.05, 3.63) is 71.8 Å². The lowest BCUT2D eigenvalue weighted by atomic mass is 10.3. The maximum Gasteiger partial charge on any atom is 0.378 e. The molecule has 5 N–H and O–H groups in total. The molecule has 0 unspecified atom stereocenters. The molecule has 2 saturated heterocycles. The lowest BCUT2D eigenvalue weighted by Gasteiger charge is -2.26. The van der Waals surface area contributed by atoms with Crippen molar-refractivity contribution in [2.75, 3.05) is 65.8 Å². The molecule has 56 heavy (non-hydrogen) atoms. The van der Waals surface area contributed by atoms with Crippen LogP contribution in [0.25, 0.3) is 11.4 Å². The third-order valence-electron chi connectivity index (χ3n) is 7.52. The number of nitrogens with one attached hydrogen (secondary N) is 1. The van der Waals surface area contributed by atoms with Gasteiger partial charge in [-0.15, -0.1) is 21.8 Å². The van der Waals surface area contributed by atoms with Crippen LogP contribution >= 0.6 is 11.6 Å². The summed E-state index contributed by atoms with van der Waals surface area (Å²) in [5, 5.41) is 21.6. The number of carbonyl (C=O) groups is 2. The number of benzene rings is 2. The number of rotatable bonds is 11. The zero-order valence-corrected chi connectivity index (χ0v) is 32.6. The van der Waals surface area contributed by atoms with E-state index in [9.17, 15) is 26.4 Å². The first-order chi connectivity index (χ1) is 26.2. The molecule has 0 amide bonds. The second kappa shape index (κ2) is 21.8. The average molecular weight is 842 g/mol. The van der Waals surface area contributed by atoms with Crippen LogP contribution < -0.4 is 15.6 Å². The van der Waals surface area contributed by atoms with Crippen LogP contribution in [0.3, 0.4) is 0 Å². The number of alkyl halides is 1. The number of hydrogen-bond donors (Lipinski definition) is 3. The fraction of sp³-hybridized carbons (Fsp3) is 0.438. The van der Waals surface area contributed by atoms with E-state index in [1.807, 2.05) is 0 Å². The van der Waals surface area contributed by atoms with Gasteiger partial charge in [-0.3, -0.25) is 4.90 Å². The van der Waals surface area contributed by atoms with Gasteiger partial charge in [-0.25, -0.2) is 56.0 Å². The van der Waals surface area contributed by atoms with E-state index in [4.69, 9.17) is 40.8 Å². The normalized spacial score (nSPS) is 14.6. The number of nitrogens with zero attached hydrogens (tertiary/aromatic N) is 7. The molecular weight excluding hydrogens is 795 g/mol. The number of nitrogens with two attached hydrogens (primary N) is 2. The Hall–Kier alpha value is -4.33. The predicted molar refractivity (Wildman–Crippen MR) is 208 cm³/mol. The molecule has 0 aliphatic carbocycles. The zero-order chi connectivity index (χ0) is 40.0. The lowest BCUT2D eigenvalue weighted by Crippen LogP contribution is -2.36. The molecule has 0 saturated carbocycles. The van der Waals surface area contributed by atoms with Crippen LogP contribution in [-0.4, -0.2) is 137 Å². The molecule has 2 aromatic heterocycles. The van der Waals surface area contributed by atoms with Crippen molar-refractivity contribution in [3.8, 4) is 11.4 Å². The smallest absolute Gasteiger partial charge is 0.378 e. The molecule has 308 valence electrons. The van der Waals surface area contributed by atoms with E-state index in [0.717, 1.165) is 39.4 Å². The van der Waals surface area contributed by atoms with E-state index < -0.39 is 32.0 Å². The Kier molecular flexibility index (Phi) is 18.0. The fourth-order valence-electron chi connectivity index (χ4n) is 4.88. The molecule has 0 atom stereocenters. The Morgan fingerprint density at radius 2 is 1.14 bits per heavy atom. The van der Waals surface area contributed by atoms with Gasteiger partial charge < -0.3 is 24.3 Å². The first-order valence-corrected chi connectivity index (χ1v) is 20.5. The highest BCUT2D eigenvalue weighted by molar-refractivity contribution is 7.89. The molecule has 2 aliphatic rings. The van der Waals surface area contributed by atoms with Crippen molar-refractivity contribution in [1.82, 2.24) is 39.7 Å². The number of sulfonamides is 2. The second-order valence-electron chi connectivity index (χ2n) is 11.4. The first-order valence-electron chi connectivity index (χ1n) is 16.9. The topological polar surface area (TPSA) is 268 Å². The van der Waals surface area contributed by atoms with Gasteiger partial charge in [-0.1, -0.05) is 8.41 Å². The van der Waals surface area contributed by atoms with Gasteiger partial charge in [0, 0.05) is 26.2 Å². The standard InChI is InChI=1S/C16H21N5O5S.C12H13ClN4O4S.C4H9NO.BH4/c1-2-26-16(22)15-18-14(11-20-7-9-25-10-8-20)21(19-15)12-3-5-13(6-4-12)27(17,23)24;1-2-21-12(18)11-15-10(7-13)17(16-11)8-3-5-9(6-4-8)22(14,19)20;1-3-6-4-2-5-1;/h3-6H,2,7-11H2,1H3,(H2,17,23,24);3-6H,2,7H2,1H3,(H2,14,19,20);5H,1-4H2;1H4/q;;;-1. The molecule has 2 aliphatic heterocycles. The summed E-state index contributed by atoms with van der Waals surface area (Å²) < 4.78 is 68.3. The van der Waals surface area contributed by atoms with Crippen LogP contribution in [0.15, 0.2) is 58.3 Å². The summed E-state index contributed by atoms with van der Waals surface area (Å²) in [7, 11) is -7.57. The Labute approximate surface area is 331 Å². The van der Waals surface area contributed by atoms with Crippen LogP contribution in [0.2, 0.25) is 0 Å². The minimum absolute atomic E-state index is 0. The van der Waals surface area contributed by atoms with Gasteiger partial charge in [0.2, 0.25) is 20.0 Å². The summed E-state index contributed by atoms with van der Waals surface area (Å²) in [6.07, 6.45) is 0. The quantitative estimate of drug-likeness (QED) is 0.0920. The number of primary sulfonamides is 2. The molecule has 0 bridgehead atoms. The van der Waals surface area contributed by atoms with Crippen LogP contribution in [-0.2, 0) is 51.4 Å². The number of esters is 2. The number of ether oxygens (including phenoxy) is 4. The van der Waals surface area contributed by atoms with E-state index >= 15 is 0 Å². The summed E-state index contributed by atoms with van der Waals surface area (Å²) in [5.41, 5.74) is 1.06.